The molecule has 4 rings (SSSR count). The summed E-state index contributed by atoms with van der Waals surface area (Å²) >= 11 is 12.1. The van der Waals surface area contributed by atoms with Gasteiger partial charge in [-0.2, -0.15) is 0 Å². The van der Waals surface area contributed by atoms with Gasteiger partial charge in [0, 0.05) is 16.3 Å². The highest BCUT2D eigenvalue weighted by Gasteiger charge is 2.33. The average Bonchev–Trinajstić information content (AvgIpc) is 2.89. The van der Waals surface area contributed by atoms with Crippen LogP contribution in [-0.4, -0.2) is 29.9 Å². The van der Waals surface area contributed by atoms with Crippen LogP contribution >= 0.6 is 23.2 Å². The minimum absolute atomic E-state index is 0.0934. The first-order valence-electron chi connectivity index (χ1n) is 9.75. The van der Waals surface area contributed by atoms with E-state index in [1.165, 1.54) is 0 Å². The second-order valence-corrected chi connectivity index (χ2v) is 8.18. The van der Waals surface area contributed by atoms with Crippen LogP contribution in [0.2, 0.25) is 10.0 Å². The van der Waals surface area contributed by atoms with Gasteiger partial charge in [0.15, 0.2) is 6.61 Å². The number of nitrogens with zero attached hydrogens (tertiary/aromatic N) is 1. The molecule has 0 unspecified atom stereocenters. The lowest BCUT2D eigenvalue weighted by molar-refractivity contribution is -0.138. The normalized spacial score (nSPS) is 15.6. The molecule has 1 aliphatic heterocycles. The molecule has 0 fully saturated rings. The zero-order valence-electron chi connectivity index (χ0n) is 16.8. The molecule has 7 heteroatoms. The van der Waals surface area contributed by atoms with Crippen LogP contribution in [0.15, 0.2) is 66.7 Å². The summed E-state index contributed by atoms with van der Waals surface area (Å²) in [7, 11) is 0. The Bertz CT molecular complexity index is 1130. The number of anilines is 1. The van der Waals surface area contributed by atoms with Crippen LogP contribution in [0.25, 0.3) is 0 Å². The predicted octanol–water partition coefficient (Wildman–Crippen LogP) is 5.25. The molecule has 1 N–H and O–H groups in total. The van der Waals surface area contributed by atoms with Crippen molar-refractivity contribution in [3.05, 3.63) is 93.5 Å². The van der Waals surface area contributed by atoms with Crippen molar-refractivity contribution in [2.24, 2.45) is 0 Å². The number of nitrogens with one attached hydrogen (secondary N) is 1. The molecule has 5 nitrogen and oxygen atoms in total. The van der Waals surface area contributed by atoms with Crippen molar-refractivity contribution in [2.45, 2.75) is 13.0 Å². The Kier molecular flexibility index (Phi) is 6.16. The summed E-state index contributed by atoms with van der Waals surface area (Å²) in [5.41, 5.74) is 3.49. The fourth-order valence-corrected chi connectivity index (χ4v) is 4.13. The molecule has 3 aromatic rings. The molecule has 1 aliphatic rings. The predicted molar refractivity (Wildman–Crippen MR) is 122 cm³/mol. The summed E-state index contributed by atoms with van der Waals surface area (Å²) < 4.78 is 5.67. The Morgan fingerprint density at radius 1 is 1.10 bits per heavy atom. The molecule has 1 atom stereocenters. The number of carbonyl (C=O) groups is 2. The minimum atomic E-state index is -0.438. The third-order valence-electron chi connectivity index (χ3n) is 5.08. The number of ether oxygens (including phenoxy) is 1. The molecule has 0 saturated heterocycles. The molecule has 0 spiro atoms. The van der Waals surface area contributed by atoms with Crippen LogP contribution in [0.3, 0.4) is 0 Å². The maximum absolute atomic E-state index is 13.3. The van der Waals surface area contributed by atoms with E-state index in [2.05, 4.69) is 5.32 Å². The van der Waals surface area contributed by atoms with Crippen LogP contribution in [0.1, 0.15) is 22.7 Å². The van der Waals surface area contributed by atoms with Gasteiger partial charge in [-0.25, -0.2) is 0 Å². The highest BCUT2D eigenvalue weighted by atomic mass is 35.5. The number of hydrogen-bond donors (Lipinski definition) is 1. The maximum atomic E-state index is 13.3. The summed E-state index contributed by atoms with van der Waals surface area (Å²) in [4.78, 5) is 27.4. The van der Waals surface area contributed by atoms with E-state index in [1.807, 2.05) is 55.5 Å². The van der Waals surface area contributed by atoms with Crippen molar-refractivity contribution in [1.29, 1.82) is 0 Å². The first kappa shape index (κ1) is 21.2. The van der Waals surface area contributed by atoms with Crippen LogP contribution in [-0.2, 0) is 9.59 Å². The highest BCUT2D eigenvalue weighted by Crippen LogP contribution is 2.36. The monoisotopic (exact) mass is 454 g/mol. The van der Waals surface area contributed by atoms with Crippen LogP contribution in [0.5, 0.6) is 5.75 Å². The molecule has 31 heavy (non-hydrogen) atoms. The van der Waals surface area contributed by atoms with E-state index in [0.29, 0.717) is 21.5 Å². The Balaban J connectivity index is 1.69. The lowest BCUT2D eigenvalue weighted by Gasteiger charge is -2.30. The van der Waals surface area contributed by atoms with Gasteiger partial charge < -0.3 is 15.0 Å². The van der Waals surface area contributed by atoms with E-state index in [9.17, 15) is 9.59 Å². The number of aryl methyl sites for hydroxylation is 1. The van der Waals surface area contributed by atoms with Gasteiger partial charge in [-0.3, -0.25) is 9.59 Å². The summed E-state index contributed by atoms with van der Waals surface area (Å²) in [5.74, 6) is -0.239. The molecule has 158 valence electrons. The summed E-state index contributed by atoms with van der Waals surface area (Å²) in [6.45, 7) is 1.62. The van der Waals surface area contributed by atoms with Crippen molar-refractivity contribution >= 4 is 40.7 Å². The fraction of sp³-hybridized carbons (Fsp3) is 0.167. The molecule has 0 radical (unpaired) electrons. The minimum Gasteiger partial charge on any atom is -0.482 e. The van der Waals surface area contributed by atoms with Gasteiger partial charge in [0.2, 0.25) is 5.91 Å². The van der Waals surface area contributed by atoms with Crippen molar-refractivity contribution in [3.8, 4) is 5.75 Å². The van der Waals surface area contributed by atoms with Crippen molar-refractivity contribution in [3.63, 3.8) is 0 Å². The number of rotatable bonds is 4. The molecule has 0 bridgehead atoms. The lowest BCUT2D eigenvalue weighted by Crippen LogP contribution is -2.41. The quantitative estimate of drug-likeness (QED) is 0.585. The van der Waals surface area contributed by atoms with Gasteiger partial charge in [-0.1, -0.05) is 71.2 Å². The topological polar surface area (TPSA) is 58.6 Å². The molecule has 0 saturated carbocycles. The first-order valence-corrected chi connectivity index (χ1v) is 10.5. The zero-order valence-corrected chi connectivity index (χ0v) is 18.3. The van der Waals surface area contributed by atoms with Crippen LogP contribution in [0, 0.1) is 6.92 Å². The second kappa shape index (κ2) is 9.00. The second-order valence-electron chi connectivity index (χ2n) is 7.34. The van der Waals surface area contributed by atoms with Gasteiger partial charge >= 0.3 is 0 Å². The van der Waals surface area contributed by atoms with E-state index in [0.717, 1.165) is 16.7 Å². The molecular weight excluding hydrogens is 435 g/mol. The molecule has 1 heterocycles. The molecular formula is C24H20Cl2N2O3. The smallest absolute Gasteiger partial charge is 0.261 e. The Morgan fingerprint density at radius 2 is 1.87 bits per heavy atom. The van der Waals surface area contributed by atoms with Gasteiger partial charge in [0.25, 0.3) is 5.91 Å². The maximum Gasteiger partial charge on any atom is 0.261 e. The molecule has 3 aromatic carbocycles. The third-order valence-corrected chi connectivity index (χ3v) is 5.61. The number of halogens is 2. The molecule has 2 amide bonds. The van der Waals surface area contributed by atoms with E-state index < -0.39 is 6.04 Å². The summed E-state index contributed by atoms with van der Waals surface area (Å²) in [6, 6.07) is 19.8. The molecule has 0 aromatic heterocycles. The lowest BCUT2D eigenvalue weighted by atomic mass is 9.94. The van der Waals surface area contributed by atoms with Gasteiger partial charge in [0.05, 0.1) is 11.1 Å². The Hall–Kier alpha value is -3.02. The van der Waals surface area contributed by atoms with Crippen molar-refractivity contribution < 1.29 is 14.3 Å². The summed E-state index contributed by atoms with van der Waals surface area (Å²) in [5, 5.41) is 3.70. The standard InChI is InChI=1S/C24H20Cl2N2O3/c1-15-7-9-20-18(11-15)24(16-5-3-2-4-6-16)28(13-22(29)27-20)23(30)14-31-21-10-8-17(25)12-19(21)26/h2-12,24H,13-14H2,1H3,(H,27,29)/t24-/m1/s1. The van der Waals surface area contributed by atoms with E-state index in [1.54, 1.807) is 23.1 Å². The third kappa shape index (κ3) is 4.68. The van der Waals surface area contributed by atoms with Crippen molar-refractivity contribution in [2.75, 3.05) is 18.5 Å². The number of fused-ring (bicyclic) bond motifs is 1. The number of carbonyl (C=O) groups excluding carboxylic acids is 2. The number of benzene rings is 3. The SMILES string of the molecule is Cc1ccc2c(c1)[C@@H](c1ccccc1)N(C(=O)COc1ccc(Cl)cc1Cl)CC(=O)N2. The van der Waals surface area contributed by atoms with Gasteiger partial charge in [-0.05, 0) is 36.8 Å². The fourth-order valence-electron chi connectivity index (χ4n) is 3.67. The number of amides is 2. The van der Waals surface area contributed by atoms with Crippen molar-refractivity contribution in [1.82, 2.24) is 4.90 Å². The van der Waals surface area contributed by atoms with Crippen LogP contribution in [0.4, 0.5) is 5.69 Å². The van der Waals surface area contributed by atoms with Gasteiger partial charge in [-0.15, -0.1) is 0 Å². The number of hydrogen-bond acceptors (Lipinski definition) is 3. The zero-order chi connectivity index (χ0) is 22.0. The Morgan fingerprint density at radius 3 is 2.61 bits per heavy atom. The average molecular weight is 455 g/mol. The van der Waals surface area contributed by atoms with E-state index in [4.69, 9.17) is 27.9 Å². The first-order chi connectivity index (χ1) is 14.9. The molecule has 0 aliphatic carbocycles. The van der Waals surface area contributed by atoms with Gasteiger partial charge in [0.1, 0.15) is 12.3 Å². The highest BCUT2D eigenvalue weighted by molar-refractivity contribution is 6.35. The van der Waals surface area contributed by atoms with E-state index in [-0.39, 0.29) is 25.0 Å². The van der Waals surface area contributed by atoms with E-state index >= 15 is 0 Å². The largest absolute Gasteiger partial charge is 0.482 e. The van der Waals surface area contributed by atoms with Crippen LogP contribution < -0.4 is 10.1 Å². The summed E-state index contributed by atoms with van der Waals surface area (Å²) in [6.07, 6.45) is 0. The Labute approximate surface area is 190 Å².